The summed E-state index contributed by atoms with van der Waals surface area (Å²) in [6, 6.07) is 0. The summed E-state index contributed by atoms with van der Waals surface area (Å²) in [6.45, 7) is 9.70. The van der Waals surface area contributed by atoms with Crippen LogP contribution in [0.25, 0.3) is 0 Å². The maximum atomic E-state index is 9.38. The molecule has 0 spiro atoms. The lowest BCUT2D eigenvalue weighted by Crippen LogP contribution is -2.40. The lowest BCUT2D eigenvalue weighted by Gasteiger charge is -2.30. The Morgan fingerprint density at radius 3 is 2.00 bits per heavy atom. The Hall–Kier alpha value is -0.580. The highest BCUT2D eigenvalue weighted by Gasteiger charge is 2.31. The van der Waals surface area contributed by atoms with Gasteiger partial charge in [-0.05, 0) is 13.8 Å². The second kappa shape index (κ2) is 8.71. The van der Waals surface area contributed by atoms with Crippen molar-refractivity contribution in [2.45, 2.75) is 13.8 Å². The first-order valence-corrected chi connectivity index (χ1v) is 5.23. The van der Waals surface area contributed by atoms with Gasteiger partial charge in [-0.25, -0.2) is 0 Å². The molecular weight excluding hydrogens is 196 g/mol. The number of rotatable bonds is 10. The molecule has 0 aromatic rings. The van der Waals surface area contributed by atoms with Crippen LogP contribution in [0.4, 0.5) is 0 Å². The average Bonchev–Trinajstić information content (AvgIpc) is 2.29. The normalized spacial score (nSPS) is 11.4. The summed E-state index contributed by atoms with van der Waals surface area (Å²) in [4.78, 5) is 0. The zero-order valence-electron chi connectivity index (χ0n) is 9.70. The van der Waals surface area contributed by atoms with Gasteiger partial charge in [0.25, 0.3) is 0 Å². The maximum absolute atomic E-state index is 9.38. The molecule has 0 rings (SSSR count). The van der Waals surface area contributed by atoms with E-state index in [1.165, 1.54) is 6.26 Å². The van der Waals surface area contributed by atoms with Crippen molar-refractivity contribution in [3.63, 3.8) is 0 Å². The van der Waals surface area contributed by atoms with Crippen molar-refractivity contribution in [3.05, 3.63) is 12.8 Å². The summed E-state index contributed by atoms with van der Waals surface area (Å²) >= 11 is 0. The van der Waals surface area contributed by atoms with Crippen LogP contribution in [0.1, 0.15) is 13.8 Å². The molecule has 0 aliphatic rings. The van der Waals surface area contributed by atoms with Gasteiger partial charge in [0.1, 0.15) is 0 Å². The smallest absolute Gasteiger partial charge is 0.0995 e. The molecule has 15 heavy (non-hydrogen) atoms. The second-order valence-electron chi connectivity index (χ2n) is 3.41. The summed E-state index contributed by atoms with van der Waals surface area (Å²) in [5.41, 5.74) is -0.486. The fourth-order valence-corrected chi connectivity index (χ4v) is 1.13. The second-order valence-corrected chi connectivity index (χ2v) is 3.41. The van der Waals surface area contributed by atoms with Crippen molar-refractivity contribution in [3.8, 4) is 0 Å². The van der Waals surface area contributed by atoms with E-state index in [-0.39, 0.29) is 6.61 Å². The summed E-state index contributed by atoms with van der Waals surface area (Å²) in [7, 11) is 0. The number of aliphatic hydroxyl groups excluding tert-OH is 1. The average molecular weight is 218 g/mol. The molecule has 0 atom stereocenters. The first kappa shape index (κ1) is 14.4. The molecule has 0 aromatic heterocycles. The fourth-order valence-electron chi connectivity index (χ4n) is 1.13. The largest absolute Gasteiger partial charge is 0.501 e. The van der Waals surface area contributed by atoms with E-state index in [4.69, 9.17) is 14.2 Å². The molecule has 0 amide bonds. The van der Waals surface area contributed by atoms with E-state index in [0.717, 1.165) is 0 Å². The van der Waals surface area contributed by atoms with Crippen LogP contribution in [0.5, 0.6) is 0 Å². The standard InChI is InChI=1S/C11H22O4/c1-4-13-8-11(7-12,9-14-5-2)10-15-6-3/h4,12H,1,5-10H2,2-3H3. The van der Waals surface area contributed by atoms with Gasteiger partial charge in [-0.15, -0.1) is 0 Å². The van der Waals surface area contributed by atoms with Crippen LogP contribution in [-0.4, -0.2) is 44.7 Å². The maximum Gasteiger partial charge on any atom is 0.0995 e. The molecule has 0 aliphatic carbocycles. The third-order valence-corrected chi connectivity index (χ3v) is 2.07. The van der Waals surface area contributed by atoms with Gasteiger partial charge in [0.05, 0.1) is 38.1 Å². The predicted molar refractivity (Wildman–Crippen MR) is 58.7 cm³/mol. The molecule has 0 radical (unpaired) electrons. The highest BCUT2D eigenvalue weighted by atomic mass is 16.5. The molecule has 0 saturated carbocycles. The number of hydrogen-bond donors (Lipinski definition) is 1. The van der Waals surface area contributed by atoms with Crippen molar-refractivity contribution in [1.29, 1.82) is 0 Å². The van der Waals surface area contributed by atoms with Crippen LogP contribution in [0, 0.1) is 5.41 Å². The van der Waals surface area contributed by atoms with Gasteiger partial charge in [-0.2, -0.15) is 0 Å². The van der Waals surface area contributed by atoms with E-state index in [9.17, 15) is 5.11 Å². The van der Waals surface area contributed by atoms with Crippen LogP contribution < -0.4 is 0 Å². The SMILES string of the molecule is C=COCC(CO)(COCC)COCC. The topological polar surface area (TPSA) is 47.9 Å². The first-order chi connectivity index (χ1) is 7.24. The molecule has 0 saturated heterocycles. The fraction of sp³-hybridized carbons (Fsp3) is 0.818. The molecule has 4 nitrogen and oxygen atoms in total. The molecule has 0 unspecified atom stereocenters. The Kier molecular flexibility index (Phi) is 8.37. The Balaban J connectivity index is 4.22. The van der Waals surface area contributed by atoms with E-state index in [1.54, 1.807) is 0 Å². The van der Waals surface area contributed by atoms with Gasteiger partial charge in [0, 0.05) is 13.2 Å². The lowest BCUT2D eigenvalue weighted by molar-refractivity contribution is -0.0754. The van der Waals surface area contributed by atoms with E-state index < -0.39 is 5.41 Å². The van der Waals surface area contributed by atoms with Gasteiger partial charge < -0.3 is 19.3 Å². The highest BCUT2D eigenvalue weighted by molar-refractivity contribution is 4.79. The van der Waals surface area contributed by atoms with Crippen LogP contribution in [0.2, 0.25) is 0 Å². The van der Waals surface area contributed by atoms with Gasteiger partial charge in [-0.3, -0.25) is 0 Å². The molecule has 0 bridgehead atoms. The Morgan fingerprint density at radius 2 is 1.67 bits per heavy atom. The Bertz CT molecular complexity index is 151. The van der Waals surface area contributed by atoms with Crippen LogP contribution >= 0.6 is 0 Å². The van der Waals surface area contributed by atoms with Gasteiger partial charge in [0.2, 0.25) is 0 Å². The summed E-state index contributed by atoms with van der Waals surface area (Å²) in [6.07, 6.45) is 1.36. The zero-order valence-corrected chi connectivity index (χ0v) is 9.70. The minimum atomic E-state index is -0.486. The minimum Gasteiger partial charge on any atom is -0.501 e. The molecule has 4 heteroatoms. The zero-order chi connectivity index (χ0) is 11.6. The van der Waals surface area contributed by atoms with E-state index in [0.29, 0.717) is 33.0 Å². The minimum absolute atomic E-state index is 0.0269. The quantitative estimate of drug-likeness (QED) is 0.560. The third-order valence-electron chi connectivity index (χ3n) is 2.07. The van der Waals surface area contributed by atoms with Gasteiger partial charge in [0.15, 0.2) is 0 Å². The summed E-state index contributed by atoms with van der Waals surface area (Å²) in [5.74, 6) is 0. The van der Waals surface area contributed by atoms with Crippen molar-refractivity contribution < 1.29 is 19.3 Å². The van der Waals surface area contributed by atoms with Crippen molar-refractivity contribution >= 4 is 0 Å². The molecule has 0 fully saturated rings. The van der Waals surface area contributed by atoms with Crippen molar-refractivity contribution in [1.82, 2.24) is 0 Å². The molecule has 0 heterocycles. The third kappa shape index (κ3) is 5.77. The number of hydrogen-bond acceptors (Lipinski definition) is 4. The number of ether oxygens (including phenoxy) is 3. The number of aliphatic hydroxyl groups is 1. The molecule has 1 N–H and O–H groups in total. The van der Waals surface area contributed by atoms with Crippen molar-refractivity contribution in [2.75, 3.05) is 39.6 Å². The molecule has 0 aromatic carbocycles. The van der Waals surface area contributed by atoms with Crippen LogP contribution in [0.15, 0.2) is 12.8 Å². The van der Waals surface area contributed by atoms with Crippen LogP contribution in [-0.2, 0) is 14.2 Å². The van der Waals surface area contributed by atoms with Gasteiger partial charge in [-0.1, -0.05) is 6.58 Å². The molecule has 90 valence electrons. The predicted octanol–water partition coefficient (Wildman–Crippen LogP) is 1.20. The highest BCUT2D eigenvalue weighted by Crippen LogP contribution is 2.18. The van der Waals surface area contributed by atoms with Crippen LogP contribution in [0.3, 0.4) is 0 Å². The van der Waals surface area contributed by atoms with E-state index >= 15 is 0 Å². The van der Waals surface area contributed by atoms with E-state index in [2.05, 4.69) is 6.58 Å². The first-order valence-electron chi connectivity index (χ1n) is 5.23. The Labute approximate surface area is 91.8 Å². The molecule has 0 aliphatic heterocycles. The van der Waals surface area contributed by atoms with Gasteiger partial charge >= 0.3 is 0 Å². The molecular formula is C11H22O4. The van der Waals surface area contributed by atoms with E-state index in [1.807, 2.05) is 13.8 Å². The van der Waals surface area contributed by atoms with Crippen molar-refractivity contribution in [2.24, 2.45) is 5.41 Å². The lowest BCUT2D eigenvalue weighted by atomic mass is 9.92. The summed E-state index contributed by atoms with van der Waals surface area (Å²) in [5, 5.41) is 9.38. The Morgan fingerprint density at radius 1 is 1.13 bits per heavy atom. The monoisotopic (exact) mass is 218 g/mol. The summed E-state index contributed by atoms with van der Waals surface area (Å²) < 4.78 is 15.8.